The monoisotopic (exact) mass is 517 g/mol. The summed E-state index contributed by atoms with van der Waals surface area (Å²) in [4.78, 5) is 15.3. The van der Waals surface area contributed by atoms with Gasteiger partial charge < -0.3 is 43.2 Å². The van der Waals surface area contributed by atoms with E-state index in [1.807, 2.05) is 30.3 Å². The molecule has 4 aliphatic heterocycles. The second-order valence-electron chi connectivity index (χ2n) is 9.18. The zero-order valence-electron chi connectivity index (χ0n) is 20.6. The molecule has 38 heavy (non-hydrogen) atoms. The summed E-state index contributed by atoms with van der Waals surface area (Å²) < 4.78 is 38.9. The second-order valence-corrected chi connectivity index (χ2v) is 9.18. The third-order valence-corrected chi connectivity index (χ3v) is 7.22. The molecule has 0 fully saturated rings. The summed E-state index contributed by atoms with van der Waals surface area (Å²) in [5, 5.41) is 10.5. The van der Waals surface area contributed by atoms with Gasteiger partial charge in [0.15, 0.2) is 34.5 Å². The number of ether oxygens (including phenoxy) is 7. The van der Waals surface area contributed by atoms with Crippen molar-refractivity contribution in [1.29, 1.82) is 0 Å². The quantitative estimate of drug-likeness (QED) is 0.502. The number of aromatic hydroxyl groups is 1. The van der Waals surface area contributed by atoms with E-state index in [0.29, 0.717) is 40.7 Å². The third-order valence-electron chi connectivity index (χ3n) is 7.22. The highest BCUT2D eigenvalue weighted by atomic mass is 16.7. The minimum atomic E-state index is -0.527. The average molecular weight is 517 g/mol. The van der Waals surface area contributed by atoms with Crippen LogP contribution in [-0.2, 0) is 16.1 Å². The lowest BCUT2D eigenvalue weighted by Gasteiger charge is -2.36. The fourth-order valence-electron chi connectivity index (χ4n) is 5.46. The zero-order chi connectivity index (χ0) is 26.0. The number of anilines is 1. The van der Waals surface area contributed by atoms with Gasteiger partial charge in [-0.1, -0.05) is 6.07 Å². The molecule has 10 nitrogen and oxygen atoms in total. The lowest BCUT2D eigenvalue weighted by Crippen LogP contribution is -2.30. The van der Waals surface area contributed by atoms with Crippen molar-refractivity contribution < 1.29 is 43.1 Å². The van der Waals surface area contributed by atoms with Gasteiger partial charge in [0.2, 0.25) is 19.3 Å². The standard InChI is InChI=1S/C28H23NO9/c1-32-23-6-15(7-24(33-2)27(23)30)25-16-8-21-22(38-13-37-21)9-17(16)29(18-11-34-28(31)26(18)25)10-14-3-4-19-20(5-14)36-12-35-19/h3-9,25,30H,10-13H2,1-2H3. The first-order chi connectivity index (χ1) is 18.6. The Morgan fingerprint density at radius 2 is 1.53 bits per heavy atom. The van der Waals surface area contributed by atoms with Gasteiger partial charge in [-0.3, -0.25) is 0 Å². The number of phenols is 1. The highest BCUT2D eigenvalue weighted by molar-refractivity contribution is 5.98. The highest BCUT2D eigenvalue weighted by Gasteiger charge is 2.43. The number of carbonyl (C=O) groups is 1. The van der Waals surface area contributed by atoms with Crippen molar-refractivity contribution in [2.45, 2.75) is 12.5 Å². The Labute approximate surface area is 217 Å². The Kier molecular flexibility index (Phi) is 4.97. The normalized spacial score (nSPS) is 18.3. The molecule has 194 valence electrons. The van der Waals surface area contributed by atoms with E-state index in [1.165, 1.54) is 14.2 Å². The number of cyclic esters (lactones) is 1. The maximum Gasteiger partial charge on any atom is 0.337 e. The first-order valence-corrected chi connectivity index (χ1v) is 12.0. The first kappa shape index (κ1) is 22.5. The molecule has 1 atom stereocenters. The summed E-state index contributed by atoms with van der Waals surface area (Å²) in [5.74, 6) is 2.00. The van der Waals surface area contributed by atoms with Crippen molar-refractivity contribution in [1.82, 2.24) is 0 Å². The van der Waals surface area contributed by atoms with Gasteiger partial charge in [-0.05, 0) is 47.0 Å². The van der Waals surface area contributed by atoms with Crippen LogP contribution in [0.5, 0.6) is 40.2 Å². The van der Waals surface area contributed by atoms with Crippen LogP contribution in [0.15, 0.2) is 53.7 Å². The van der Waals surface area contributed by atoms with Gasteiger partial charge in [0, 0.05) is 24.2 Å². The molecule has 1 N–H and O–H groups in total. The second kappa shape index (κ2) is 8.41. The van der Waals surface area contributed by atoms with Crippen LogP contribution in [0.4, 0.5) is 5.69 Å². The Balaban J connectivity index is 1.42. The topological polar surface area (TPSA) is 105 Å². The van der Waals surface area contributed by atoms with E-state index in [2.05, 4.69) is 4.90 Å². The predicted octanol–water partition coefficient (Wildman–Crippen LogP) is 3.83. The van der Waals surface area contributed by atoms with Crippen LogP contribution < -0.4 is 33.3 Å². The Hall–Kier alpha value is -4.73. The van der Waals surface area contributed by atoms with E-state index >= 15 is 0 Å². The number of methoxy groups -OCH3 is 2. The number of hydrogen-bond acceptors (Lipinski definition) is 10. The van der Waals surface area contributed by atoms with Crippen LogP contribution in [0.25, 0.3) is 0 Å². The van der Waals surface area contributed by atoms with Gasteiger partial charge in [0.1, 0.15) is 6.61 Å². The van der Waals surface area contributed by atoms with Gasteiger partial charge in [-0.25, -0.2) is 4.79 Å². The number of benzene rings is 3. The van der Waals surface area contributed by atoms with Crippen molar-refractivity contribution in [2.24, 2.45) is 0 Å². The van der Waals surface area contributed by atoms with Crippen LogP contribution in [0.2, 0.25) is 0 Å². The van der Waals surface area contributed by atoms with E-state index < -0.39 is 11.9 Å². The smallest absolute Gasteiger partial charge is 0.337 e. The van der Waals surface area contributed by atoms with Gasteiger partial charge >= 0.3 is 5.97 Å². The summed E-state index contributed by atoms with van der Waals surface area (Å²) in [6.07, 6.45) is 0. The Morgan fingerprint density at radius 1 is 0.868 bits per heavy atom. The number of rotatable bonds is 5. The van der Waals surface area contributed by atoms with E-state index in [-0.39, 0.29) is 37.4 Å². The summed E-state index contributed by atoms with van der Waals surface area (Å²) in [6, 6.07) is 13.0. The van der Waals surface area contributed by atoms with Crippen molar-refractivity contribution in [3.05, 3.63) is 70.4 Å². The number of hydrogen-bond donors (Lipinski definition) is 1. The Morgan fingerprint density at radius 3 is 2.24 bits per heavy atom. The molecule has 0 spiro atoms. The molecule has 0 amide bonds. The average Bonchev–Trinajstić information content (AvgIpc) is 3.68. The van der Waals surface area contributed by atoms with Crippen LogP contribution in [0.1, 0.15) is 22.6 Å². The molecule has 0 aromatic heterocycles. The molecule has 0 radical (unpaired) electrons. The number of fused-ring (bicyclic) bond motifs is 3. The van der Waals surface area contributed by atoms with Crippen LogP contribution in [0, 0.1) is 0 Å². The zero-order valence-corrected chi connectivity index (χ0v) is 20.6. The predicted molar refractivity (Wildman–Crippen MR) is 132 cm³/mol. The van der Waals surface area contributed by atoms with Gasteiger partial charge in [0.05, 0.1) is 25.5 Å². The van der Waals surface area contributed by atoms with E-state index in [9.17, 15) is 9.90 Å². The number of carbonyl (C=O) groups excluding carboxylic acids is 1. The van der Waals surface area contributed by atoms with Gasteiger partial charge in [-0.2, -0.15) is 0 Å². The molecular weight excluding hydrogens is 494 g/mol. The van der Waals surface area contributed by atoms with Crippen LogP contribution in [0.3, 0.4) is 0 Å². The molecule has 4 aliphatic rings. The first-order valence-electron chi connectivity index (χ1n) is 12.0. The maximum absolute atomic E-state index is 13.3. The number of nitrogens with zero attached hydrogens (tertiary/aromatic N) is 1. The largest absolute Gasteiger partial charge is 0.502 e. The number of esters is 1. The summed E-state index contributed by atoms with van der Waals surface area (Å²) in [5.41, 5.74) is 4.59. The summed E-state index contributed by atoms with van der Waals surface area (Å²) in [7, 11) is 2.93. The minimum Gasteiger partial charge on any atom is -0.502 e. The molecule has 0 bridgehead atoms. The van der Waals surface area contributed by atoms with Crippen LogP contribution >= 0.6 is 0 Å². The molecule has 3 aromatic rings. The van der Waals surface area contributed by atoms with Crippen molar-refractivity contribution in [3.63, 3.8) is 0 Å². The fourth-order valence-corrected chi connectivity index (χ4v) is 5.46. The third kappa shape index (κ3) is 3.29. The fraction of sp³-hybridized carbons (Fsp3) is 0.250. The summed E-state index contributed by atoms with van der Waals surface area (Å²) in [6.45, 7) is 0.873. The molecule has 1 unspecified atom stereocenters. The molecule has 4 heterocycles. The Bertz CT molecular complexity index is 1500. The van der Waals surface area contributed by atoms with Crippen molar-refractivity contribution in [2.75, 3.05) is 39.3 Å². The van der Waals surface area contributed by atoms with E-state index in [0.717, 1.165) is 22.5 Å². The molecule has 0 saturated carbocycles. The maximum atomic E-state index is 13.3. The molecule has 3 aromatic carbocycles. The molecular formula is C28H23NO9. The van der Waals surface area contributed by atoms with Gasteiger partial charge in [-0.15, -0.1) is 0 Å². The molecule has 0 saturated heterocycles. The lowest BCUT2D eigenvalue weighted by molar-refractivity contribution is -0.136. The van der Waals surface area contributed by atoms with E-state index in [1.54, 1.807) is 12.1 Å². The SMILES string of the molecule is COc1cc(C2C3=C(COC3=O)N(Cc3ccc4c(c3)OCO4)c3cc4c(cc32)OCO4)cc(OC)c1O. The highest BCUT2D eigenvalue weighted by Crippen LogP contribution is 2.53. The number of phenolic OH excluding ortho intramolecular Hbond substituents is 1. The minimum absolute atomic E-state index is 0.112. The molecule has 7 rings (SSSR count). The molecule has 0 aliphatic carbocycles. The molecule has 10 heteroatoms. The van der Waals surface area contributed by atoms with Crippen molar-refractivity contribution in [3.8, 4) is 40.2 Å². The summed E-state index contributed by atoms with van der Waals surface area (Å²) >= 11 is 0. The van der Waals surface area contributed by atoms with Gasteiger partial charge in [0.25, 0.3) is 0 Å². The van der Waals surface area contributed by atoms with Crippen LogP contribution in [-0.4, -0.2) is 45.5 Å². The van der Waals surface area contributed by atoms with E-state index in [4.69, 9.17) is 33.2 Å². The van der Waals surface area contributed by atoms with Crippen molar-refractivity contribution >= 4 is 11.7 Å². The lowest BCUT2D eigenvalue weighted by atomic mass is 9.80.